The Morgan fingerprint density at radius 1 is 1.25 bits per heavy atom. The molecule has 0 radical (unpaired) electrons. The largest absolute Gasteiger partial charge is 0.366 e. The second kappa shape index (κ2) is 6.86. The fraction of sp³-hybridized carbons (Fsp3) is 0.0625. The van der Waals surface area contributed by atoms with Gasteiger partial charge in [0, 0.05) is 41.0 Å². The number of thiophene rings is 1. The van der Waals surface area contributed by atoms with Crippen LogP contribution in [0.25, 0.3) is 10.4 Å². The first-order valence-electron chi connectivity index (χ1n) is 6.99. The second-order valence-corrected chi connectivity index (χ2v) is 6.67. The highest BCUT2D eigenvalue weighted by Gasteiger charge is 2.17. The van der Waals surface area contributed by atoms with E-state index in [-0.39, 0.29) is 18.1 Å². The van der Waals surface area contributed by atoms with Crippen LogP contribution in [-0.4, -0.2) is 15.8 Å². The standard InChI is InChI=1S/C16H12ClN3O3S/c17-15-6-5-14(24-15)11-8-18-9-12(11)16(21)19-7-10-3-1-2-4-13(10)20(22)23/h1-6,8-9,18H,7H2,(H,19,21). The summed E-state index contributed by atoms with van der Waals surface area (Å²) in [6, 6.07) is 9.93. The minimum Gasteiger partial charge on any atom is -0.366 e. The zero-order valence-electron chi connectivity index (χ0n) is 12.3. The van der Waals surface area contributed by atoms with E-state index >= 15 is 0 Å². The number of amides is 1. The van der Waals surface area contributed by atoms with Gasteiger partial charge in [-0.15, -0.1) is 11.3 Å². The molecule has 0 spiro atoms. The summed E-state index contributed by atoms with van der Waals surface area (Å²) in [5.41, 5.74) is 1.64. The zero-order valence-corrected chi connectivity index (χ0v) is 13.9. The van der Waals surface area contributed by atoms with Gasteiger partial charge in [-0.05, 0) is 12.1 Å². The minimum atomic E-state index is -0.461. The number of nitrogens with zero attached hydrogens (tertiary/aromatic N) is 1. The fourth-order valence-corrected chi connectivity index (χ4v) is 3.40. The molecule has 0 aliphatic heterocycles. The van der Waals surface area contributed by atoms with Crippen molar-refractivity contribution in [3.8, 4) is 10.4 Å². The van der Waals surface area contributed by atoms with Gasteiger partial charge in [0.25, 0.3) is 11.6 Å². The number of nitrogens with one attached hydrogen (secondary N) is 2. The molecule has 0 unspecified atom stereocenters. The summed E-state index contributed by atoms with van der Waals surface area (Å²) >= 11 is 7.32. The lowest BCUT2D eigenvalue weighted by Gasteiger charge is -2.06. The number of nitro benzene ring substituents is 1. The molecule has 2 aromatic heterocycles. The molecule has 6 nitrogen and oxygen atoms in total. The Bertz CT molecular complexity index is 903. The number of para-hydroxylation sites is 1. The van der Waals surface area contributed by atoms with Crippen LogP contribution < -0.4 is 5.32 Å². The van der Waals surface area contributed by atoms with Gasteiger partial charge in [0.1, 0.15) is 0 Å². The number of H-pyrrole nitrogens is 1. The van der Waals surface area contributed by atoms with Crippen LogP contribution in [0.2, 0.25) is 4.34 Å². The lowest BCUT2D eigenvalue weighted by atomic mass is 10.1. The van der Waals surface area contributed by atoms with Crippen LogP contribution in [0.15, 0.2) is 48.8 Å². The Kier molecular flexibility index (Phi) is 4.64. The van der Waals surface area contributed by atoms with Crippen molar-refractivity contribution in [3.63, 3.8) is 0 Å². The molecule has 0 saturated carbocycles. The van der Waals surface area contributed by atoms with Crippen LogP contribution in [0.3, 0.4) is 0 Å². The van der Waals surface area contributed by atoms with Gasteiger partial charge in [-0.1, -0.05) is 29.8 Å². The van der Waals surface area contributed by atoms with Crippen LogP contribution in [0, 0.1) is 10.1 Å². The van der Waals surface area contributed by atoms with Crippen LogP contribution in [0.1, 0.15) is 15.9 Å². The first-order valence-corrected chi connectivity index (χ1v) is 8.18. The quantitative estimate of drug-likeness (QED) is 0.526. The molecule has 0 aliphatic rings. The lowest BCUT2D eigenvalue weighted by molar-refractivity contribution is -0.385. The molecule has 0 bridgehead atoms. The number of rotatable bonds is 5. The molecule has 122 valence electrons. The molecule has 0 saturated heterocycles. The van der Waals surface area contributed by atoms with Crippen molar-refractivity contribution in [1.29, 1.82) is 0 Å². The molecule has 8 heteroatoms. The highest BCUT2D eigenvalue weighted by atomic mass is 35.5. The molecular weight excluding hydrogens is 350 g/mol. The molecule has 3 aromatic rings. The minimum absolute atomic E-state index is 0.0165. The number of aromatic nitrogens is 1. The van der Waals surface area contributed by atoms with Crippen molar-refractivity contribution in [1.82, 2.24) is 10.3 Å². The summed E-state index contributed by atoms with van der Waals surface area (Å²) < 4.78 is 0.637. The van der Waals surface area contributed by atoms with Gasteiger partial charge in [0.15, 0.2) is 0 Å². The molecule has 1 amide bonds. The molecule has 2 N–H and O–H groups in total. The molecule has 0 aliphatic carbocycles. The predicted octanol–water partition coefficient (Wildman–Crippen LogP) is 4.23. The molecule has 24 heavy (non-hydrogen) atoms. The summed E-state index contributed by atoms with van der Waals surface area (Å²) in [5, 5.41) is 13.7. The number of benzene rings is 1. The summed E-state index contributed by atoms with van der Waals surface area (Å²) in [5.74, 6) is -0.311. The first-order chi connectivity index (χ1) is 11.6. The highest BCUT2D eigenvalue weighted by molar-refractivity contribution is 7.19. The van der Waals surface area contributed by atoms with E-state index in [1.165, 1.54) is 17.4 Å². The maximum atomic E-state index is 12.4. The molecule has 1 aromatic carbocycles. The van der Waals surface area contributed by atoms with E-state index in [1.807, 2.05) is 6.07 Å². The van der Waals surface area contributed by atoms with E-state index < -0.39 is 4.92 Å². The number of hydrogen-bond acceptors (Lipinski definition) is 4. The number of halogens is 1. The molecular formula is C16H12ClN3O3S. The van der Waals surface area contributed by atoms with E-state index in [9.17, 15) is 14.9 Å². The zero-order chi connectivity index (χ0) is 17.1. The first kappa shape index (κ1) is 16.2. The number of carbonyl (C=O) groups is 1. The average Bonchev–Trinajstić information content (AvgIpc) is 3.21. The van der Waals surface area contributed by atoms with Crippen molar-refractivity contribution in [2.75, 3.05) is 0 Å². The topological polar surface area (TPSA) is 88.0 Å². The van der Waals surface area contributed by atoms with Gasteiger partial charge in [0.2, 0.25) is 0 Å². The molecule has 2 heterocycles. The van der Waals surface area contributed by atoms with Gasteiger partial charge in [-0.2, -0.15) is 0 Å². The third kappa shape index (κ3) is 3.32. The Balaban J connectivity index is 1.78. The van der Waals surface area contributed by atoms with E-state index in [2.05, 4.69) is 10.3 Å². The van der Waals surface area contributed by atoms with E-state index in [0.717, 1.165) is 10.4 Å². The van der Waals surface area contributed by atoms with E-state index in [0.29, 0.717) is 15.5 Å². The van der Waals surface area contributed by atoms with Crippen molar-refractivity contribution in [3.05, 3.63) is 74.4 Å². The maximum Gasteiger partial charge on any atom is 0.274 e. The SMILES string of the molecule is O=C(NCc1ccccc1[N+](=O)[O-])c1c[nH]cc1-c1ccc(Cl)s1. The highest BCUT2D eigenvalue weighted by Crippen LogP contribution is 2.33. The fourth-order valence-electron chi connectivity index (χ4n) is 2.32. The molecule has 0 fully saturated rings. The van der Waals surface area contributed by atoms with E-state index in [4.69, 9.17) is 11.6 Å². The van der Waals surface area contributed by atoms with Gasteiger partial charge >= 0.3 is 0 Å². The van der Waals surface area contributed by atoms with E-state index in [1.54, 1.807) is 36.7 Å². The third-order valence-electron chi connectivity index (χ3n) is 3.46. The van der Waals surface area contributed by atoms with Crippen LogP contribution in [0.4, 0.5) is 5.69 Å². The Morgan fingerprint density at radius 2 is 2.04 bits per heavy atom. The van der Waals surface area contributed by atoms with Crippen molar-refractivity contribution < 1.29 is 9.72 Å². The van der Waals surface area contributed by atoms with Crippen molar-refractivity contribution >= 4 is 34.5 Å². The normalized spacial score (nSPS) is 10.5. The van der Waals surface area contributed by atoms with Crippen molar-refractivity contribution in [2.24, 2.45) is 0 Å². The average molecular weight is 362 g/mol. The van der Waals surface area contributed by atoms with Gasteiger partial charge in [-0.25, -0.2) is 0 Å². The molecule has 0 atom stereocenters. The maximum absolute atomic E-state index is 12.4. The third-order valence-corrected chi connectivity index (χ3v) is 4.72. The number of hydrogen-bond donors (Lipinski definition) is 2. The van der Waals surface area contributed by atoms with Gasteiger partial charge in [0.05, 0.1) is 14.8 Å². The van der Waals surface area contributed by atoms with Gasteiger partial charge in [-0.3, -0.25) is 14.9 Å². The summed E-state index contributed by atoms with van der Waals surface area (Å²) in [4.78, 5) is 26.8. The smallest absolute Gasteiger partial charge is 0.274 e. The summed E-state index contributed by atoms with van der Waals surface area (Å²) in [6.07, 6.45) is 3.32. The second-order valence-electron chi connectivity index (χ2n) is 4.95. The van der Waals surface area contributed by atoms with Gasteiger partial charge < -0.3 is 10.3 Å². The molecule has 3 rings (SSSR count). The number of nitro groups is 1. The van der Waals surface area contributed by atoms with Crippen molar-refractivity contribution in [2.45, 2.75) is 6.54 Å². The summed E-state index contributed by atoms with van der Waals surface area (Å²) in [7, 11) is 0. The number of aromatic amines is 1. The summed E-state index contributed by atoms with van der Waals surface area (Å²) in [6.45, 7) is 0.0752. The Labute approximate surface area is 146 Å². The lowest BCUT2D eigenvalue weighted by Crippen LogP contribution is -2.23. The number of carbonyl (C=O) groups excluding carboxylic acids is 1. The van der Waals surface area contributed by atoms with Crippen LogP contribution in [0.5, 0.6) is 0 Å². The monoisotopic (exact) mass is 361 g/mol. The van der Waals surface area contributed by atoms with Crippen LogP contribution >= 0.6 is 22.9 Å². The Hall–Kier alpha value is -2.64. The Morgan fingerprint density at radius 3 is 2.75 bits per heavy atom. The predicted molar refractivity (Wildman–Crippen MR) is 93.4 cm³/mol. The van der Waals surface area contributed by atoms with Crippen LogP contribution in [-0.2, 0) is 6.54 Å².